The summed E-state index contributed by atoms with van der Waals surface area (Å²) in [6.45, 7) is 2.28. The van der Waals surface area contributed by atoms with Gasteiger partial charge in [0.15, 0.2) is 0 Å². The Morgan fingerprint density at radius 3 is 2.95 bits per heavy atom. The second-order valence-electron chi connectivity index (χ2n) is 5.16. The Hall–Kier alpha value is -2.27. The van der Waals surface area contributed by atoms with Crippen LogP contribution in [0.4, 0.5) is 0 Å². The fourth-order valence-electron chi connectivity index (χ4n) is 1.97. The number of ether oxygens (including phenoxy) is 1. The topological polar surface area (TPSA) is 71.7 Å². The minimum atomic E-state index is -0.743. The first kappa shape index (κ1) is 16.1. The molecule has 0 aliphatic heterocycles. The van der Waals surface area contributed by atoms with Crippen molar-refractivity contribution in [2.24, 2.45) is 0 Å². The van der Waals surface area contributed by atoms with Gasteiger partial charge in [-0.2, -0.15) is 0 Å². The lowest BCUT2D eigenvalue weighted by molar-refractivity contribution is -0.121. The van der Waals surface area contributed by atoms with Crippen LogP contribution in [-0.4, -0.2) is 30.3 Å². The van der Waals surface area contributed by atoms with E-state index in [9.17, 15) is 9.90 Å². The molecule has 5 heteroatoms. The van der Waals surface area contributed by atoms with Gasteiger partial charge in [-0.15, -0.1) is 0 Å². The molecule has 0 spiro atoms. The third-order valence-electron chi connectivity index (χ3n) is 3.15. The SMILES string of the molecule is Cc1cccc(OCC(O)CNC(=O)CCc2ccco2)c1. The Morgan fingerprint density at radius 2 is 2.23 bits per heavy atom. The van der Waals surface area contributed by atoms with Gasteiger partial charge in [-0.1, -0.05) is 12.1 Å². The van der Waals surface area contributed by atoms with Crippen LogP contribution >= 0.6 is 0 Å². The fraction of sp³-hybridized carbons (Fsp3) is 0.353. The van der Waals surface area contributed by atoms with Gasteiger partial charge < -0.3 is 19.6 Å². The van der Waals surface area contributed by atoms with Gasteiger partial charge in [0.1, 0.15) is 24.2 Å². The Balaban J connectivity index is 1.62. The largest absolute Gasteiger partial charge is 0.491 e. The molecule has 118 valence electrons. The zero-order valence-electron chi connectivity index (χ0n) is 12.6. The molecular formula is C17H21NO4. The molecule has 0 aliphatic carbocycles. The van der Waals surface area contributed by atoms with Gasteiger partial charge >= 0.3 is 0 Å². The molecule has 1 aromatic carbocycles. The number of hydrogen-bond acceptors (Lipinski definition) is 4. The van der Waals surface area contributed by atoms with Crippen LogP contribution in [0.2, 0.25) is 0 Å². The molecule has 0 saturated heterocycles. The molecule has 1 aromatic heterocycles. The van der Waals surface area contributed by atoms with Crippen LogP contribution in [0.3, 0.4) is 0 Å². The number of benzene rings is 1. The van der Waals surface area contributed by atoms with E-state index >= 15 is 0 Å². The maximum atomic E-state index is 11.7. The number of aliphatic hydroxyl groups excluding tert-OH is 1. The van der Waals surface area contributed by atoms with E-state index in [2.05, 4.69) is 5.32 Å². The monoisotopic (exact) mass is 303 g/mol. The van der Waals surface area contributed by atoms with Gasteiger partial charge in [-0.05, 0) is 36.8 Å². The lowest BCUT2D eigenvalue weighted by Gasteiger charge is -2.13. The molecule has 2 N–H and O–H groups in total. The highest BCUT2D eigenvalue weighted by Crippen LogP contribution is 2.12. The van der Waals surface area contributed by atoms with E-state index in [0.717, 1.165) is 11.3 Å². The number of aryl methyl sites for hydroxylation is 2. The molecule has 1 heterocycles. The minimum Gasteiger partial charge on any atom is -0.491 e. The molecule has 1 atom stereocenters. The molecule has 5 nitrogen and oxygen atoms in total. The lowest BCUT2D eigenvalue weighted by Crippen LogP contribution is -2.35. The van der Waals surface area contributed by atoms with E-state index in [0.29, 0.717) is 18.6 Å². The molecule has 1 amide bonds. The van der Waals surface area contributed by atoms with Crippen LogP contribution in [0, 0.1) is 6.92 Å². The Morgan fingerprint density at radius 1 is 1.36 bits per heavy atom. The van der Waals surface area contributed by atoms with Crippen LogP contribution in [0.5, 0.6) is 5.75 Å². The molecule has 0 bridgehead atoms. The average Bonchev–Trinajstić information content (AvgIpc) is 3.02. The number of rotatable bonds is 8. The first-order valence-electron chi connectivity index (χ1n) is 7.30. The summed E-state index contributed by atoms with van der Waals surface area (Å²) in [5.74, 6) is 1.37. The van der Waals surface area contributed by atoms with Gasteiger partial charge in [-0.25, -0.2) is 0 Å². The summed E-state index contributed by atoms with van der Waals surface area (Å²) in [5, 5.41) is 12.5. The van der Waals surface area contributed by atoms with Crippen molar-refractivity contribution in [1.82, 2.24) is 5.32 Å². The molecular weight excluding hydrogens is 282 g/mol. The van der Waals surface area contributed by atoms with Gasteiger partial charge in [-0.3, -0.25) is 4.79 Å². The second-order valence-corrected chi connectivity index (χ2v) is 5.16. The van der Waals surface area contributed by atoms with Crippen molar-refractivity contribution in [2.75, 3.05) is 13.2 Å². The van der Waals surface area contributed by atoms with Crippen molar-refractivity contribution in [3.63, 3.8) is 0 Å². The lowest BCUT2D eigenvalue weighted by atomic mass is 10.2. The van der Waals surface area contributed by atoms with Crippen molar-refractivity contribution in [3.8, 4) is 5.75 Å². The summed E-state index contributed by atoms with van der Waals surface area (Å²) in [6, 6.07) is 11.2. The third kappa shape index (κ3) is 5.61. The smallest absolute Gasteiger partial charge is 0.220 e. The molecule has 0 saturated carbocycles. The highest BCUT2D eigenvalue weighted by Gasteiger charge is 2.09. The first-order chi connectivity index (χ1) is 10.6. The number of hydrogen-bond donors (Lipinski definition) is 2. The third-order valence-corrected chi connectivity index (χ3v) is 3.15. The maximum absolute atomic E-state index is 11.7. The van der Waals surface area contributed by atoms with Crippen LogP contribution < -0.4 is 10.1 Å². The van der Waals surface area contributed by atoms with E-state index in [1.54, 1.807) is 12.3 Å². The molecule has 0 radical (unpaired) electrons. The molecule has 1 unspecified atom stereocenters. The normalized spacial score (nSPS) is 11.9. The van der Waals surface area contributed by atoms with Gasteiger partial charge in [0, 0.05) is 19.4 Å². The van der Waals surface area contributed by atoms with Crippen LogP contribution in [0.15, 0.2) is 47.1 Å². The first-order valence-corrected chi connectivity index (χ1v) is 7.30. The summed E-state index contributed by atoms with van der Waals surface area (Å²) in [6.07, 6.45) is 1.72. The Kier molecular flexibility index (Phi) is 6.03. The molecule has 0 aliphatic rings. The zero-order chi connectivity index (χ0) is 15.8. The van der Waals surface area contributed by atoms with Crippen molar-refractivity contribution in [3.05, 3.63) is 54.0 Å². The van der Waals surface area contributed by atoms with Crippen molar-refractivity contribution in [2.45, 2.75) is 25.9 Å². The van der Waals surface area contributed by atoms with Crippen molar-refractivity contribution in [1.29, 1.82) is 0 Å². The van der Waals surface area contributed by atoms with E-state index in [1.165, 1.54) is 0 Å². The van der Waals surface area contributed by atoms with E-state index < -0.39 is 6.10 Å². The number of carbonyl (C=O) groups is 1. The fourth-order valence-corrected chi connectivity index (χ4v) is 1.97. The van der Waals surface area contributed by atoms with Crippen LogP contribution in [0.1, 0.15) is 17.7 Å². The summed E-state index contributed by atoms with van der Waals surface area (Å²) in [5.41, 5.74) is 1.10. The van der Waals surface area contributed by atoms with E-state index in [1.807, 2.05) is 37.3 Å². The molecule has 0 fully saturated rings. The van der Waals surface area contributed by atoms with Crippen molar-refractivity contribution < 1.29 is 19.1 Å². The molecule has 2 rings (SSSR count). The standard InChI is InChI=1S/C17H21NO4/c1-13-4-2-5-16(10-13)22-12-14(19)11-18-17(20)8-7-15-6-3-9-21-15/h2-6,9-10,14,19H,7-8,11-12H2,1H3,(H,18,20). The number of amides is 1. The molecule has 2 aromatic rings. The number of furan rings is 1. The summed E-state index contributed by atoms with van der Waals surface area (Å²) < 4.78 is 10.6. The highest BCUT2D eigenvalue weighted by molar-refractivity contribution is 5.76. The summed E-state index contributed by atoms with van der Waals surface area (Å²) in [4.78, 5) is 11.7. The second kappa shape index (κ2) is 8.24. The maximum Gasteiger partial charge on any atom is 0.220 e. The molecule has 22 heavy (non-hydrogen) atoms. The van der Waals surface area contributed by atoms with Crippen LogP contribution in [-0.2, 0) is 11.2 Å². The van der Waals surface area contributed by atoms with Crippen LogP contribution in [0.25, 0.3) is 0 Å². The van der Waals surface area contributed by atoms with Crippen molar-refractivity contribution >= 4 is 5.91 Å². The number of nitrogens with one attached hydrogen (secondary N) is 1. The summed E-state index contributed by atoms with van der Waals surface area (Å²) in [7, 11) is 0. The zero-order valence-corrected chi connectivity index (χ0v) is 12.6. The van der Waals surface area contributed by atoms with Gasteiger partial charge in [0.05, 0.1) is 6.26 Å². The van der Waals surface area contributed by atoms with E-state index in [4.69, 9.17) is 9.15 Å². The number of carbonyl (C=O) groups excluding carboxylic acids is 1. The number of aliphatic hydroxyl groups is 1. The highest BCUT2D eigenvalue weighted by atomic mass is 16.5. The predicted molar refractivity (Wildman–Crippen MR) is 82.7 cm³/mol. The Bertz CT molecular complexity index is 580. The summed E-state index contributed by atoms with van der Waals surface area (Å²) >= 11 is 0. The van der Waals surface area contributed by atoms with Gasteiger partial charge in [0.25, 0.3) is 0 Å². The quantitative estimate of drug-likeness (QED) is 0.783. The predicted octanol–water partition coefficient (Wildman–Crippen LogP) is 2.08. The Labute approximate surface area is 129 Å². The minimum absolute atomic E-state index is 0.119. The average molecular weight is 303 g/mol. The van der Waals surface area contributed by atoms with E-state index in [-0.39, 0.29) is 19.1 Å². The van der Waals surface area contributed by atoms with Gasteiger partial charge in [0.2, 0.25) is 5.91 Å².